The summed E-state index contributed by atoms with van der Waals surface area (Å²) in [6.45, 7) is 5.24. The van der Waals surface area contributed by atoms with E-state index in [1.807, 2.05) is 26.8 Å². The first kappa shape index (κ1) is 19.9. The molecule has 0 saturated heterocycles. The van der Waals surface area contributed by atoms with Crippen LogP contribution in [0.5, 0.6) is 0 Å². The maximum absolute atomic E-state index is 12.7. The minimum absolute atomic E-state index is 0.0394. The number of hydrogen-bond donors (Lipinski definition) is 0. The van der Waals surface area contributed by atoms with E-state index in [4.69, 9.17) is 4.74 Å². The van der Waals surface area contributed by atoms with Gasteiger partial charge in [0, 0.05) is 4.88 Å². The van der Waals surface area contributed by atoms with Crippen LogP contribution in [0.1, 0.15) is 55.5 Å². The maximum Gasteiger partial charge on any atom is 0.329 e. The standard InChI is InChI=1S/C21H21NO5S/c1-12(2)10-16(21(26)27-11-17(23)18-9-8-13(3)28-18)22-19(24)14-6-4-5-7-15(14)20(22)25/h4-9,12,16H,10-11H2,1-3H3/t16-/m1/s1. The lowest BCUT2D eigenvalue weighted by Crippen LogP contribution is -2.46. The van der Waals surface area contributed by atoms with E-state index in [-0.39, 0.29) is 29.2 Å². The van der Waals surface area contributed by atoms with Crippen molar-refractivity contribution in [2.24, 2.45) is 5.92 Å². The number of Topliss-reactive ketones (excluding diaryl/α,β-unsaturated/α-hetero) is 1. The molecule has 2 heterocycles. The molecule has 0 radical (unpaired) electrons. The lowest BCUT2D eigenvalue weighted by molar-refractivity contribution is -0.147. The molecule has 0 aliphatic carbocycles. The highest BCUT2D eigenvalue weighted by atomic mass is 32.1. The van der Waals surface area contributed by atoms with Crippen molar-refractivity contribution in [3.63, 3.8) is 0 Å². The van der Waals surface area contributed by atoms with Crippen LogP contribution in [0.15, 0.2) is 36.4 Å². The summed E-state index contributed by atoms with van der Waals surface area (Å²) in [5.74, 6) is -2.04. The Balaban J connectivity index is 1.77. The second-order valence-electron chi connectivity index (χ2n) is 7.11. The number of hydrogen-bond acceptors (Lipinski definition) is 6. The topological polar surface area (TPSA) is 80.8 Å². The average Bonchev–Trinajstić information content (AvgIpc) is 3.20. The van der Waals surface area contributed by atoms with Gasteiger partial charge in [0.2, 0.25) is 5.78 Å². The van der Waals surface area contributed by atoms with E-state index in [0.717, 1.165) is 9.78 Å². The summed E-state index contributed by atoms with van der Waals surface area (Å²) in [5, 5.41) is 0. The van der Waals surface area contributed by atoms with E-state index in [1.165, 1.54) is 11.3 Å². The number of esters is 1. The van der Waals surface area contributed by atoms with E-state index in [2.05, 4.69) is 0 Å². The number of aryl methyl sites for hydroxylation is 1. The van der Waals surface area contributed by atoms with Crippen LogP contribution in [0, 0.1) is 12.8 Å². The van der Waals surface area contributed by atoms with Crippen molar-refractivity contribution in [1.29, 1.82) is 0 Å². The Bertz CT molecular complexity index is 911. The number of fused-ring (bicyclic) bond motifs is 1. The third kappa shape index (κ3) is 3.89. The van der Waals surface area contributed by atoms with Crippen molar-refractivity contribution in [3.8, 4) is 0 Å². The zero-order chi connectivity index (χ0) is 20.4. The molecule has 3 rings (SSSR count). The van der Waals surface area contributed by atoms with Crippen molar-refractivity contribution >= 4 is 34.9 Å². The van der Waals surface area contributed by atoms with Gasteiger partial charge in [-0.15, -0.1) is 11.3 Å². The van der Waals surface area contributed by atoms with Gasteiger partial charge in [0.25, 0.3) is 11.8 Å². The van der Waals surface area contributed by atoms with E-state index < -0.39 is 30.4 Å². The number of ketones is 1. The van der Waals surface area contributed by atoms with Gasteiger partial charge in [-0.05, 0) is 43.5 Å². The number of benzene rings is 1. The Kier molecular flexibility index (Phi) is 5.74. The first-order valence-corrected chi connectivity index (χ1v) is 9.84. The summed E-state index contributed by atoms with van der Waals surface area (Å²) < 4.78 is 5.21. The van der Waals surface area contributed by atoms with Crippen LogP contribution in [0.3, 0.4) is 0 Å². The Morgan fingerprint density at radius 2 is 1.64 bits per heavy atom. The van der Waals surface area contributed by atoms with Crippen LogP contribution in [-0.2, 0) is 9.53 Å². The molecule has 7 heteroatoms. The van der Waals surface area contributed by atoms with E-state index in [1.54, 1.807) is 30.3 Å². The largest absolute Gasteiger partial charge is 0.456 e. The Hall–Kier alpha value is -2.80. The monoisotopic (exact) mass is 399 g/mol. The molecule has 0 N–H and O–H groups in total. The molecule has 146 valence electrons. The van der Waals surface area contributed by atoms with Crippen LogP contribution in [0.2, 0.25) is 0 Å². The summed E-state index contributed by atoms with van der Waals surface area (Å²) in [6, 6.07) is 8.92. The van der Waals surface area contributed by atoms with Gasteiger partial charge in [-0.2, -0.15) is 0 Å². The van der Waals surface area contributed by atoms with Gasteiger partial charge in [0.15, 0.2) is 6.61 Å². The van der Waals surface area contributed by atoms with Crippen LogP contribution in [-0.4, -0.2) is 41.1 Å². The predicted octanol–water partition coefficient (Wildman–Crippen LogP) is 3.49. The highest BCUT2D eigenvalue weighted by molar-refractivity contribution is 7.14. The number of nitrogens with zero attached hydrogens (tertiary/aromatic N) is 1. The number of ether oxygens (including phenoxy) is 1. The zero-order valence-electron chi connectivity index (χ0n) is 15.9. The fourth-order valence-corrected chi connectivity index (χ4v) is 3.92. The Morgan fingerprint density at radius 3 is 2.14 bits per heavy atom. The van der Waals surface area contributed by atoms with E-state index in [9.17, 15) is 19.2 Å². The average molecular weight is 399 g/mol. The molecule has 1 aromatic carbocycles. The third-order valence-electron chi connectivity index (χ3n) is 4.46. The van der Waals surface area contributed by atoms with Crippen molar-refractivity contribution in [2.45, 2.75) is 33.2 Å². The minimum Gasteiger partial charge on any atom is -0.456 e. The highest BCUT2D eigenvalue weighted by Crippen LogP contribution is 2.27. The molecule has 1 aromatic heterocycles. The summed E-state index contributed by atoms with van der Waals surface area (Å²) in [7, 11) is 0. The number of carbonyl (C=O) groups excluding carboxylic acids is 4. The summed E-state index contributed by atoms with van der Waals surface area (Å²) in [4.78, 5) is 52.9. The van der Waals surface area contributed by atoms with Gasteiger partial charge in [0.1, 0.15) is 6.04 Å². The molecule has 0 bridgehead atoms. The van der Waals surface area contributed by atoms with Crippen LogP contribution in [0.25, 0.3) is 0 Å². The minimum atomic E-state index is -1.06. The fraction of sp³-hybridized carbons (Fsp3) is 0.333. The predicted molar refractivity (Wildman–Crippen MR) is 105 cm³/mol. The Morgan fingerprint density at radius 1 is 1.04 bits per heavy atom. The molecule has 1 aliphatic rings. The number of amides is 2. The van der Waals surface area contributed by atoms with Gasteiger partial charge in [-0.25, -0.2) is 4.79 Å². The molecule has 1 atom stereocenters. The van der Waals surface area contributed by atoms with Crippen LogP contribution < -0.4 is 0 Å². The molecule has 2 aromatic rings. The van der Waals surface area contributed by atoms with Crippen molar-refractivity contribution in [2.75, 3.05) is 6.61 Å². The van der Waals surface area contributed by atoms with Gasteiger partial charge in [-0.3, -0.25) is 19.3 Å². The molecule has 2 amide bonds. The normalized spacial score (nSPS) is 14.4. The summed E-state index contributed by atoms with van der Waals surface area (Å²) in [6.07, 6.45) is 0.261. The maximum atomic E-state index is 12.7. The lowest BCUT2D eigenvalue weighted by atomic mass is 10.0. The number of rotatable bonds is 7. The van der Waals surface area contributed by atoms with Crippen LogP contribution >= 0.6 is 11.3 Å². The Labute approximate surface area is 167 Å². The third-order valence-corrected chi connectivity index (χ3v) is 5.51. The molecule has 6 nitrogen and oxygen atoms in total. The second-order valence-corrected chi connectivity index (χ2v) is 8.40. The molecular weight excluding hydrogens is 378 g/mol. The summed E-state index contributed by atoms with van der Waals surface area (Å²) >= 11 is 1.32. The van der Waals surface area contributed by atoms with Crippen molar-refractivity contribution in [3.05, 3.63) is 57.3 Å². The van der Waals surface area contributed by atoms with Gasteiger partial charge >= 0.3 is 5.97 Å². The van der Waals surface area contributed by atoms with Crippen LogP contribution in [0.4, 0.5) is 0 Å². The molecule has 0 fully saturated rings. The number of thiophene rings is 1. The molecular formula is C21H21NO5S. The molecule has 0 spiro atoms. The van der Waals surface area contributed by atoms with Gasteiger partial charge < -0.3 is 4.74 Å². The van der Waals surface area contributed by atoms with E-state index >= 15 is 0 Å². The molecule has 1 aliphatic heterocycles. The SMILES string of the molecule is Cc1ccc(C(=O)COC(=O)[C@@H](CC(C)C)N2C(=O)c3ccccc3C2=O)s1. The second kappa shape index (κ2) is 8.06. The van der Waals surface area contributed by atoms with Crippen molar-refractivity contribution in [1.82, 2.24) is 4.90 Å². The molecule has 0 saturated carbocycles. The van der Waals surface area contributed by atoms with E-state index in [0.29, 0.717) is 4.88 Å². The summed E-state index contributed by atoms with van der Waals surface area (Å²) in [5.41, 5.74) is 0.554. The lowest BCUT2D eigenvalue weighted by Gasteiger charge is -2.25. The highest BCUT2D eigenvalue weighted by Gasteiger charge is 2.43. The first-order chi connectivity index (χ1) is 13.3. The first-order valence-electron chi connectivity index (χ1n) is 9.02. The number of imide groups is 1. The quantitative estimate of drug-likeness (QED) is 0.404. The zero-order valence-corrected chi connectivity index (χ0v) is 16.7. The number of carbonyl (C=O) groups is 4. The fourth-order valence-electron chi connectivity index (χ4n) is 3.13. The molecule has 28 heavy (non-hydrogen) atoms. The van der Waals surface area contributed by atoms with Gasteiger partial charge in [-0.1, -0.05) is 26.0 Å². The van der Waals surface area contributed by atoms with Crippen molar-refractivity contribution < 1.29 is 23.9 Å². The molecule has 0 unspecified atom stereocenters. The van der Waals surface area contributed by atoms with Gasteiger partial charge in [0.05, 0.1) is 16.0 Å². The smallest absolute Gasteiger partial charge is 0.329 e.